The fraction of sp³-hybridized carbons (Fsp3) is 0.727. The summed E-state index contributed by atoms with van der Waals surface area (Å²) in [7, 11) is 3.30. The average molecular weight is 451 g/mol. The number of epoxide rings is 1. The molecule has 186 valence electrons. The van der Waals surface area contributed by atoms with Crippen LogP contribution in [0.15, 0.2) is 24.3 Å². The van der Waals surface area contributed by atoms with Crippen LogP contribution in [0.2, 0.25) is 0 Å². The minimum absolute atomic E-state index is 0.132. The molecule has 0 bridgehead atoms. The summed E-state index contributed by atoms with van der Waals surface area (Å²) in [5.74, 6) is 0.616. The van der Waals surface area contributed by atoms with Crippen molar-refractivity contribution in [1.29, 1.82) is 0 Å². The third kappa shape index (κ3) is 13.5. The number of likely N-dealkylation sites (N-methyl/N-ethyl adjacent to an activating group) is 1. The van der Waals surface area contributed by atoms with E-state index in [1.165, 1.54) is 19.2 Å². The molecule has 2 aliphatic heterocycles. The molecule has 0 spiro atoms. The second-order valence-electron chi connectivity index (χ2n) is 5.22. The van der Waals surface area contributed by atoms with Gasteiger partial charge < -0.3 is 45.7 Å². The molecule has 7 N–H and O–H groups in total. The van der Waals surface area contributed by atoms with Gasteiger partial charge in [-0.3, -0.25) is 0 Å². The van der Waals surface area contributed by atoms with Gasteiger partial charge in [-0.05, 0) is 38.4 Å². The Balaban J connectivity index is -0.000000512. The number of ether oxygens (including phenoxy) is 3. The molecular weight excluding hydrogens is 404 g/mol. The van der Waals surface area contributed by atoms with Crippen molar-refractivity contribution in [2.24, 2.45) is 5.73 Å². The summed E-state index contributed by atoms with van der Waals surface area (Å²) in [5, 5.41) is 39.2. The van der Waals surface area contributed by atoms with Gasteiger partial charge in [-0.2, -0.15) is 0 Å². The average Bonchev–Trinajstić information content (AvgIpc) is 3.63. The fourth-order valence-corrected chi connectivity index (χ4v) is 2.20. The first-order valence-corrected chi connectivity index (χ1v) is 11.0. The van der Waals surface area contributed by atoms with Crippen molar-refractivity contribution in [2.75, 3.05) is 33.9 Å². The fourth-order valence-electron chi connectivity index (χ4n) is 2.20. The van der Waals surface area contributed by atoms with Gasteiger partial charge in [0.05, 0.1) is 13.2 Å². The van der Waals surface area contributed by atoms with E-state index in [0.717, 1.165) is 0 Å². The van der Waals surface area contributed by atoms with Crippen molar-refractivity contribution in [3.8, 4) is 11.5 Å². The number of hydrogen-bond donors (Lipinski definition) is 6. The highest BCUT2D eigenvalue weighted by atomic mass is 16.8. The van der Waals surface area contributed by atoms with Gasteiger partial charge in [-0.1, -0.05) is 41.5 Å². The summed E-state index contributed by atoms with van der Waals surface area (Å²) in [4.78, 5) is 0. The van der Waals surface area contributed by atoms with E-state index in [0.29, 0.717) is 12.3 Å². The van der Waals surface area contributed by atoms with Gasteiger partial charge >= 0.3 is 0 Å². The van der Waals surface area contributed by atoms with Gasteiger partial charge in [0.2, 0.25) is 0 Å². The maximum atomic E-state index is 10.0. The molecule has 2 aliphatic rings. The van der Waals surface area contributed by atoms with Gasteiger partial charge in [0.1, 0.15) is 29.8 Å². The lowest BCUT2D eigenvalue weighted by atomic mass is 10.0. The molecule has 9 heteroatoms. The predicted octanol–water partition coefficient (Wildman–Crippen LogP) is 1.47. The molecule has 2 saturated heterocycles. The summed E-state index contributed by atoms with van der Waals surface area (Å²) in [6, 6.07) is 6.12. The minimum atomic E-state index is -0.838. The molecule has 0 amide bonds. The number of aliphatic hydroxyl groups excluding tert-OH is 3. The van der Waals surface area contributed by atoms with Crippen molar-refractivity contribution in [3.05, 3.63) is 24.3 Å². The third-order valence-electron chi connectivity index (χ3n) is 3.48. The van der Waals surface area contributed by atoms with Crippen molar-refractivity contribution < 1.29 is 34.6 Å². The Morgan fingerprint density at radius 1 is 0.968 bits per heavy atom. The molecule has 3 rings (SSSR count). The van der Waals surface area contributed by atoms with Crippen LogP contribution in [-0.4, -0.2) is 85.0 Å². The van der Waals surface area contributed by atoms with Crippen LogP contribution in [0.5, 0.6) is 11.5 Å². The summed E-state index contributed by atoms with van der Waals surface area (Å²) in [6.07, 6.45) is -2.97. The van der Waals surface area contributed by atoms with Crippen LogP contribution in [-0.2, 0) is 9.47 Å². The molecule has 31 heavy (non-hydrogen) atoms. The first kappa shape index (κ1) is 34.2. The largest absolute Gasteiger partial charge is 0.508 e. The second-order valence-corrected chi connectivity index (χ2v) is 5.22. The van der Waals surface area contributed by atoms with Gasteiger partial charge in [-0.25, -0.2) is 0 Å². The number of nitrogens with two attached hydrogens (primary N) is 1. The molecule has 2 heterocycles. The molecule has 2 fully saturated rings. The Morgan fingerprint density at radius 3 is 1.87 bits per heavy atom. The molecule has 0 aromatic heterocycles. The predicted molar refractivity (Wildman–Crippen MR) is 124 cm³/mol. The first-order chi connectivity index (χ1) is 15.1. The zero-order chi connectivity index (χ0) is 24.8. The van der Waals surface area contributed by atoms with Gasteiger partial charge in [0, 0.05) is 6.54 Å². The quantitative estimate of drug-likeness (QED) is 0.366. The number of benzene rings is 1. The zero-order valence-corrected chi connectivity index (χ0v) is 20.4. The number of nitrogens with one attached hydrogen (secondary N) is 1. The monoisotopic (exact) mass is 450 g/mol. The van der Waals surface area contributed by atoms with Crippen molar-refractivity contribution >= 4 is 0 Å². The standard InChI is InChI=1S/C12H14O6.C3H9NO.3C2H6.CH5N/c13-5-8-10(9(15)11-12(17-8)18-11)16-7-3-1-6(14)2-4-7;1-4-2-3-5;4*1-2/h1-4,8-15H,5H2;4-5H,2-3H2,1H3;3*1-2H3;2H2,1H3. The Morgan fingerprint density at radius 2 is 1.48 bits per heavy atom. The Kier molecular flexibility index (Phi) is 25.6. The van der Waals surface area contributed by atoms with E-state index in [2.05, 4.69) is 11.1 Å². The van der Waals surface area contributed by atoms with Crippen molar-refractivity contribution in [1.82, 2.24) is 5.32 Å². The molecule has 1 aromatic carbocycles. The Hall–Kier alpha value is -1.46. The van der Waals surface area contributed by atoms with Gasteiger partial charge in [0.15, 0.2) is 12.4 Å². The van der Waals surface area contributed by atoms with Crippen LogP contribution < -0.4 is 15.8 Å². The molecule has 5 atom stereocenters. The number of phenols is 1. The molecule has 0 saturated carbocycles. The number of hydrogen-bond acceptors (Lipinski definition) is 9. The number of aliphatic hydroxyl groups is 3. The maximum Gasteiger partial charge on any atom is 0.187 e. The summed E-state index contributed by atoms with van der Waals surface area (Å²) in [5.41, 5.74) is 4.50. The molecule has 1 aromatic rings. The maximum absolute atomic E-state index is 10.0. The number of fused-ring (bicyclic) bond motifs is 1. The molecular formula is C22H46N2O7. The lowest BCUT2D eigenvalue weighted by Gasteiger charge is -2.32. The molecule has 5 unspecified atom stereocenters. The summed E-state index contributed by atoms with van der Waals surface area (Å²) in [6.45, 7) is 12.7. The van der Waals surface area contributed by atoms with Crippen molar-refractivity contribution in [3.63, 3.8) is 0 Å². The number of rotatable bonds is 5. The summed E-state index contributed by atoms with van der Waals surface area (Å²) >= 11 is 0. The Labute approximate surface area is 188 Å². The number of phenolic OH excluding ortho intramolecular Hbond substituents is 1. The lowest BCUT2D eigenvalue weighted by molar-refractivity contribution is -0.134. The van der Waals surface area contributed by atoms with Crippen LogP contribution in [0.1, 0.15) is 41.5 Å². The molecule has 0 aliphatic carbocycles. The van der Waals surface area contributed by atoms with E-state index in [9.17, 15) is 15.3 Å². The van der Waals surface area contributed by atoms with Crippen molar-refractivity contribution in [2.45, 2.75) is 72.2 Å². The second kappa shape index (κ2) is 23.2. The van der Waals surface area contributed by atoms with E-state index in [1.54, 1.807) is 19.2 Å². The van der Waals surface area contributed by atoms with E-state index < -0.39 is 24.6 Å². The third-order valence-corrected chi connectivity index (χ3v) is 3.48. The first-order valence-electron chi connectivity index (χ1n) is 11.0. The van der Waals surface area contributed by atoms with Crippen LogP contribution in [0, 0.1) is 0 Å². The zero-order valence-electron chi connectivity index (χ0n) is 20.4. The van der Waals surface area contributed by atoms with Gasteiger partial charge in [-0.15, -0.1) is 0 Å². The van der Waals surface area contributed by atoms with Gasteiger partial charge in [0.25, 0.3) is 0 Å². The topological polar surface area (TPSA) is 150 Å². The summed E-state index contributed by atoms with van der Waals surface area (Å²) < 4.78 is 16.1. The highest BCUT2D eigenvalue weighted by molar-refractivity contribution is 5.30. The van der Waals surface area contributed by atoms with E-state index >= 15 is 0 Å². The smallest absolute Gasteiger partial charge is 0.187 e. The van der Waals surface area contributed by atoms with Crippen LogP contribution in [0.25, 0.3) is 0 Å². The normalized spacial score (nSPS) is 24.2. The molecule has 0 radical (unpaired) electrons. The Bertz CT molecular complexity index is 475. The SMILES string of the molecule is CC.CC.CC.CN.CNCCO.OCC1OC2OC2C(O)C1Oc1ccc(O)cc1. The van der Waals surface area contributed by atoms with E-state index in [1.807, 2.05) is 41.5 Å². The highest BCUT2D eigenvalue weighted by Crippen LogP contribution is 2.37. The van der Waals surface area contributed by atoms with Crippen LogP contribution >= 0.6 is 0 Å². The highest BCUT2D eigenvalue weighted by Gasteiger charge is 2.57. The van der Waals surface area contributed by atoms with Crippen LogP contribution in [0.4, 0.5) is 0 Å². The number of aromatic hydroxyl groups is 1. The minimum Gasteiger partial charge on any atom is -0.508 e. The molecule has 9 nitrogen and oxygen atoms in total. The van der Waals surface area contributed by atoms with Crippen LogP contribution in [0.3, 0.4) is 0 Å². The van der Waals surface area contributed by atoms with E-state index in [4.69, 9.17) is 19.3 Å². The lowest BCUT2D eigenvalue weighted by Crippen LogP contribution is -2.52. The van der Waals surface area contributed by atoms with E-state index in [-0.39, 0.29) is 25.1 Å².